The Labute approximate surface area is 275 Å². The van der Waals surface area contributed by atoms with Gasteiger partial charge in [0.2, 0.25) is 11.8 Å². The van der Waals surface area contributed by atoms with Crippen LogP contribution in [0.2, 0.25) is 0 Å². The number of unbranched alkanes of at least 4 members (excludes halogenated alkanes) is 1. The van der Waals surface area contributed by atoms with Crippen LogP contribution in [0.5, 0.6) is 0 Å². The zero-order chi connectivity index (χ0) is 34.5. The standard InChI is InChI=1S/C33H36F3N9O3/c34-33(35,36)25-14-9-15-27(19-25)44-21-26(42-43-44)22-45(39-20-24-12-5-2-6-13-24)32(48)41-29(18-23-10-3-1-4-11-23)31(47)40-28(30(38)46)16-7-8-17-37/h1-6,9-15,19-21,28-29H,7-8,16-18,22,37H2,(H2,38,46)(H,40,47)(H,41,48)/b39-20+/t28-,29+/m0/s1. The number of urea groups is 1. The van der Waals surface area contributed by atoms with Crippen molar-refractivity contribution in [1.82, 2.24) is 30.6 Å². The van der Waals surface area contributed by atoms with E-state index in [1.54, 1.807) is 48.5 Å². The number of carbonyl (C=O) groups is 3. The van der Waals surface area contributed by atoms with Gasteiger partial charge in [0.25, 0.3) is 0 Å². The molecular weight excluding hydrogens is 627 g/mol. The van der Waals surface area contributed by atoms with Crippen LogP contribution in [0.1, 0.15) is 41.6 Å². The fourth-order valence-electron chi connectivity index (χ4n) is 4.65. The monoisotopic (exact) mass is 663 g/mol. The Hall–Kier alpha value is -5.57. The second kappa shape index (κ2) is 16.8. The molecule has 0 aliphatic heterocycles. The van der Waals surface area contributed by atoms with E-state index in [9.17, 15) is 27.6 Å². The molecule has 4 rings (SSSR count). The number of nitrogens with zero attached hydrogens (tertiary/aromatic N) is 5. The molecule has 3 aromatic carbocycles. The smallest absolute Gasteiger partial charge is 0.368 e. The Balaban J connectivity index is 1.59. The number of hydrogen-bond donors (Lipinski definition) is 4. The first-order valence-electron chi connectivity index (χ1n) is 15.1. The summed E-state index contributed by atoms with van der Waals surface area (Å²) in [6.07, 6.45) is -0.191. The Morgan fingerprint density at radius 3 is 2.31 bits per heavy atom. The molecule has 0 spiro atoms. The van der Waals surface area contributed by atoms with Crippen molar-refractivity contribution < 1.29 is 27.6 Å². The molecule has 15 heteroatoms. The highest BCUT2D eigenvalue weighted by molar-refractivity contribution is 5.91. The number of alkyl halides is 3. The van der Waals surface area contributed by atoms with Crippen molar-refractivity contribution in [2.75, 3.05) is 6.54 Å². The number of nitrogens with two attached hydrogens (primary N) is 2. The first-order chi connectivity index (χ1) is 23.0. The third-order valence-electron chi connectivity index (χ3n) is 7.17. The van der Waals surface area contributed by atoms with Gasteiger partial charge in [0.15, 0.2) is 0 Å². The number of benzene rings is 3. The molecule has 0 aliphatic rings. The largest absolute Gasteiger partial charge is 0.416 e. The van der Waals surface area contributed by atoms with Crippen molar-refractivity contribution >= 4 is 24.1 Å². The van der Waals surface area contributed by atoms with Crippen molar-refractivity contribution in [1.29, 1.82) is 0 Å². The minimum Gasteiger partial charge on any atom is -0.368 e. The van der Waals surface area contributed by atoms with Gasteiger partial charge in [-0.15, -0.1) is 5.10 Å². The summed E-state index contributed by atoms with van der Waals surface area (Å²) < 4.78 is 41.0. The highest BCUT2D eigenvalue weighted by Gasteiger charge is 2.31. The van der Waals surface area contributed by atoms with Crippen LogP contribution in [-0.4, -0.2) is 62.7 Å². The van der Waals surface area contributed by atoms with Crippen molar-refractivity contribution in [3.63, 3.8) is 0 Å². The number of amides is 4. The Morgan fingerprint density at radius 1 is 0.938 bits per heavy atom. The summed E-state index contributed by atoms with van der Waals surface area (Å²) in [5.74, 6) is -1.35. The third-order valence-corrected chi connectivity index (χ3v) is 7.17. The van der Waals surface area contributed by atoms with Gasteiger partial charge in [-0.25, -0.2) is 14.5 Å². The number of hydrazone groups is 1. The summed E-state index contributed by atoms with van der Waals surface area (Å²) in [6.45, 7) is 0.163. The fraction of sp³-hybridized carbons (Fsp3) is 0.273. The molecule has 0 fully saturated rings. The average molecular weight is 664 g/mol. The maximum absolute atomic E-state index is 13.8. The highest BCUT2D eigenvalue weighted by atomic mass is 19.4. The first kappa shape index (κ1) is 35.3. The van der Waals surface area contributed by atoms with E-state index in [0.29, 0.717) is 24.9 Å². The van der Waals surface area contributed by atoms with E-state index in [2.05, 4.69) is 26.0 Å². The number of halogens is 3. The van der Waals surface area contributed by atoms with Crippen LogP contribution in [0.25, 0.3) is 5.69 Å². The van der Waals surface area contributed by atoms with E-state index in [4.69, 9.17) is 11.5 Å². The second-order valence-corrected chi connectivity index (χ2v) is 10.9. The van der Waals surface area contributed by atoms with Crippen LogP contribution in [0.4, 0.5) is 18.0 Å². The van der Waals surface area contributed by atoms with Crippen molar-refractivity contribution in [3.05, 3.63) is 114 Å². The molecular formula is C33H36F3N9O3. The van der Waals surface area contributed by atoms with Gasteiger partial charge in [-0.05, 0) is 55.1 Å². The number of hydrogen-bond acceptors (Lipinski definition) is 7. The molecule has 6 N–H and O–H groups in total. The van der Waals surface area contributed by atoms with Crippen LogP contribution in [0, 0.1) is 0 Å². The van der Waals surface area contributed by atoms with Crippen molar-refractivity contribution in [2.45, 2.75) is 50.5 Å². The van der Waals surface area contributed by atoms with Crippen molar-refractivity contribution in [2.24, 2.45) is 16.6 Å². The molecule has 0 bridgehead atoms. The van der Waals surface area contributed by atoms with Crippen LogP contribution >= 0.6 is 0 Å². The summed E-state index contributed by atoms with van der Waals surface area (Å²) in [5, 5.41) is 18.7. The van der Waals surface area contributed by atoms with Gasteiger partial charge >= 0.3 is 12.2 Å². The zero-order valence-electron chi connectivity index (χ0n) is 25.9. The molecule has 0 aliphatic carbocycles. The second-order valence-electron chi connectivity index (χ2n) is 10.9. The van der Waals surface area contributed by atoms with E-state index < -0.39 is 41.7 Å². The number of nitrogens with one attached hydrogen (secondary N) is 2. The van der Waals surface area contributed by atoms with E-state index in [1.165, 1.54) is 24.5 Å². The van der Waals surface area contributed by atoms with E-state index in [0.717, 1.165) is 27.4 Å². The molecule has 1 heterocycles. The molecule has 2 atom stereocenters. The summed E-state index contributed by atoms with van der Waals surface area (Å²) in [5.41, 5.74) is 12.0. The Bertz CT molecular complexity index is 1680. The predicted octanol–water partition coefficient (Wildman–Crippen LogP) is 3.54. The number of aromatic nitrogens is 3. The lowest BCUT2D eigenvalue weighted by Gasteiger charge is -2.24. The number of rotatable bonds is 15. The molecule has 4 aromatic rings. The van der Waals surface area contributed by atoms with Gasteiger partial charge in [0.05, 0.1) is 30.2 Å². The van der Waals surface area contributed by atoms with Gasteiger partial charge in [-0.2, -0.15) is 18.3 Å². The Morgan fingerprint density at radius 2 is 1.65 bits per heavy atom. The average Bonchev–Trinajstić information content (AvgIpc) is 3.55. The lowest BCUT2D eigenvalue weighted by molar-refractivity contribution is -0.137. The third kappa shape index (κ3) is 10.5. The number of primary amides is 1. The molecule has 0 saturated carbocycles. The summed E-state index contributed by atoms with van der Waals surface area (Å²) in [4.78, 5) is 39.4. The molecule has 0 unspecified atom stereocenters. The van der Waals surface area contributed by atoms with Crippen LogP contribution < -0.4 is 22.1 Å². The summed E-state index contributed by atoms with van der Waals surface area (Å²) in [6, 6.07) is 19.5. The topological polar surface area (TPSA) is 174 Å². The molecule has 0 saturated heterocycles. The van der Waals surface area contributed by atoms with Gasteiger partial charge in [-0.3, -0.25) is 9.59 Å². The molecule has 12 nitrogen and oxygen atoms in total. The molecule has 4 amide bonds. The molecule has 252 valence electrons. The number of carbonyl (C=O) groups excluding carboxylic acids is 3. The van der Waals surface area contributed by atoms with E-state index in [-0.39, 0.29) is 30.8 Å². The van der Waals surface area contributed by atoms with Gasteiger partial charge in [-0.1, -0.05) is 71.9 Å². The van der Waals surface area contributed by atoms with E-state index in [1.807, 2.05) is 12.1 Å². The van der Waals surface area contributed by atoms with Crippen LogP contribution in [0.3, 0.4) is 0 Å². The summed E-state index contributed by atoms with van der Waals surface area (Å²) >= 11 is 0. The molecule has 48 heavy (non-hydrogen) atoms. The minimum atomic E-state index is -4.55. The molecule has 0 radical (unpaired) electrons. The van der Waals surface area contributed by atoms with Crippen LogP contribution in [-0.2, 0) is 28.7 Å². The van der Waals surface area contributed by atoms with Gasteiger partial charge in [0.1, 0.15) is 17.8 Å². The normalized spacial score (nSPS) is 12.8. The van der Waals surface area contributed by atoms with Gasteiger partial charge < -0.3 is 22.1 Å². The lowest BCUT2D eigenvalue weighted by Crippen LogP contribution is -2.55. The summed E-state index contributed by atoms with van der Waals surface area (Å²) in [7, 11) is 0. The Kier molecular flexibility index (Phi) is 12.4. The lowest BCUT2D eigenvalue weighted by atomic mass is 10.0. The maximum atomic E-state index is 13.8. The minimum absolute atomic E-state index is 0.0780. The van der Waals surface area contributed by atoms with E-state index >= 15 is 0 Å². The first-order valence-corrected chi connectivity index (χ1v) is 15.1. The van der Waals surface area contributed by atoms with Crippen LogP contribution in [0.15, 0.2) is 96.2 Å². The molecule has 1 aromatic heterocycles. The highest BCUT2D eigenvalue weighted by Crippen LogP contribution is 2.30. The SMILES string of the molecule is NCCCC[C@H](NC(=O)[C@@H](Cc1ccccc1)NC(=O)N(Cc1cn(-c2cccc(C(F)(F)F)c2)nn1)/N=C/c1ccccc1)C(N)=O. The fourth-order valence-corrected chi connectivity index (χ4v) is 4.65. The van der Waals surface area contributed by atoms with Gasteiger partial charge in [0, 0.05) is 6.42 Å². The van der Waals surface area contributed by atoms with Crippen molar-refractivity contribution in [3.8, 4) is 5.69 Å². The predicted molar refractivity (Wildman–Crippen MR) is 172 cm³/mol. The maximum Gasteiger partial charge on any atom is 0.416 e. The quantitative estimate of drug-likeness (QED) is 0.0860. The zero-order valence-corrected chi connectivity index (χ0v) is 25.9.